The first-order valence-corrected chi connectivity index (χ1v) is 8.80. The van der Waals surface area contributed by atoms with Gasteiger partial charge in [-0.15, -0.1) is 0 Å². The van der Waals surface area contributed by atoms with E-state index in [0.29, 0.717) is 6.42 Å². The molecular weight excluding hydrogens is 260 g/mol. The molecule has 0 aliphatic heterocycles. The highest BCUT2D eigenvalue weighted by Crippen LogP contribution is 2.10. The fourth-order valence-electron chi connectivity index (χ4n) is 2.28. The number of rotatable bonds is 15. The lowest BCUT2D eigenvalue weighted by molar-refractivity contribution is -0.137. The Labute approximate surface area is 131 Å². The molecule has 0 radical (unpaired) electrons. The largest absolute Gasteiger partial charge is 0.481 e. The SMILES string of the molecule is CCCCC/C=C/C=C/CCCCCCCCCC(=O)O. The zero-order chi connectivity index (χ0) is 15.6. The monoisotopic (exact) mass is 294 g/mol. The van der Waals surface area contributed by atoms with Crippen LogP contribution in [0.15, 0.2) is 24.3 Å². The Balaban J connectivity index is 3.16. The first-order chi connectivity index (χ1) is 10.3. The van der Waals surface area contributed by atoms with Crippen LogP contribution in [0.2, 0.25) is 0 Å². The quantitative estimate of drug-likeness (QED) is 0.285. The van der Waals surface area contributed by atoms with E-state index in [1.54, 1.807) is 0 Å². The van der Waals surface area contributed by atoms with Crippen LogP contribution in [0.1, 0.15) is 90.4 Å². The summed E-state index contributed by atoms with van der Waals surface area (Å²) in [4.78, 5) is 10.3. The van der Waals surface area contributed by atoms with Crippen LogP contribution in [-0.4, -0.2) is 11.1 Å². The second-order valence-corrected chi connectivity index (χ2v) is 5.76. The third-order valence-electron chi connectivity index (χ3n) is 3.62. The number of aliphatic carboxylic acids is 1. The summed E-state index contributed by atoms with van der Waals surface area (Å²) in [6, 6.07) is 0. The zero-order valence-corrected chi connectivity index (χ0v) is 13.9. The lowest BCUT2D eigenvalue weighted by atomic mass is 10.1. The summed E-state index contributed by atoms with van der Waals surface area (Å²) >= 11 is 0. The highest BCUT2D eigenvalue weighted by molar-refractivity contribution is 5.66. The predicted molar refractivity (Wildman–Crippen MR) is 91.6 cm³/mol. The first-order valence-electron chi connectivity index (χ1n) is 8.80. The van der Waals surface area contributed by atoms with Crippen molar-refractivity contribution in [2.45, 2.75) is 90.4 Å². The normalized spacial score (nSPS) is 11.7. The molecule has 0 amide bonds. The molecule has 0 aromatic heterocycles. The van der Waals surface area contributed by atoms with Crippen molar-refractivity contribution in [2.75, 3.05) is 0 Å². The van der Waals surface area contributed by atoms with Gasteiger partial charge in [0.1, 0.15) is 0 Å². The van der Waals surface area contributed by atoms with Crippen LogP contribution in [0, 0.1) is 0 Å². The molecule has 122 valence electrons. The Bertz CT molecular complexity index is 279. The number of unbranched alkanes of at least 4 members (excludes halogenated alkanes) is 10. The second kappa shape index (κ2) is 17.0. The van der Waals surface area contributed by atoms with Crippen molar-refractivity contribution in [1.29, 1.82) is 0 Å². The average molecular weight is 294 g/mol. The van der Waals surface area contributed by atoms with Crippen molar-refractivity contribution in [3.05, 3.63) is 24.3 Å². The van der Waals surface area contributed by atoms with Crippen molar-refractivity contribution in [3.63, 3.8) is 0 Å². The fraction of sp³-hybridized carbons (Fsp3) is 0.737. The molecule has 0 saturated carbocycles. The summed E-state index contributed by atoms with van der Waals surface area (Å²) in [6.07, 6.45) is 23.7. The Kier molecular flexibility index (Phi) is 16.2. The topological polar surface area (TPSA) is 37.3 Å². The average Bonchev–Trinajstić information content (AvgIpc) is 2.46. The van der Waals surface area contributed by atoms with E-state index in [4.69, 9.17) is 5.11 Å². The van der Waals surface area contributed by atoms with E-state index in [1.807, 2.05) is 0 Å². The molecular formula is C19H34O2. The van der Waals surface area contributed by atoms with Gasteiger partial charge in [-0.05, 0) is 32.1 Å². The third-order valence-corrected chi connectivity index (χ3v) is 3.62. The Morgan fingerprint density at radius 2 is 1.24 bits per heavy atom. The van der Waals surface area contributed by atoms with Crippen molar-refractivity contribution in [2.24, 2.45) is 0 Å². The molecule has 2 nitrogen and oxygen atoms in total. The Morgan fingerprint density at radius 3 is 1.76 bits per heavy atom. The summed E-state index contributed by atoms with van der Waals surface area (Å²) in [5.41, 5.74) is 0. The van der Waals surface area contributed by atoms with Gasteiger partial charge in [-0.2, -0.15) is 0 Å². The summed E-state index contributed by atoms with van der Waals surface area (Å²) in [7, 11) is 0. The van der Waals surface area contributed by atoms with Crippen LogP contribution in [0.3, 0.4) is 0 Å². The molecule has 0 saturated heterocycles. The second-order valence-electron chi connectivity index (χ2n) is 5.76. The summed E-state index contributed by atoms with van der Waals surface area (Å²) in [5.74, 6) is -0.666. The predicted octanol–water partition coefficient (Wildman–Crippen LogP) is 6.27. The number of hydrogen-bond donors (Lipinski definition) is 1. The molecule has 0 bridgehead atoms. The number of hydrogen-bond acceptors (Lipinski definition) is 1. The minimum absolute atomic E-state index is 0.330. The van der Waals surface area contributed by atoms with Crippen LogP contribution in [-0.2, 0) is 4.79 Å². The van der Waals surface area contributed by atoms with Gasteiger partial charge in [0.05, 0.1) is 0 Å². The van der Waals surface area contributed by atoms with E-state index in [-0.39, 0.29) is 0 Å². The molecule has 0 unspecified atom stereocenters. The maximum atomic E-state index is 10.3. The Hall–Kier alpha value is -1.05. The maximum Gasteiger partial charge on any atom is 0.303 e. The van der Waals surface area contributed by atoms with Crippen LogP contribution in [0.25, 0.3) is 0 Å². The van der Waals surface area contributed by atoms with E-state index in [1.165, 1.54) is 64.2 Å². The highest BCUT2D eigenvalue weighted by Gasteiger charge is 1.96. The van der Waals surface area contributed by atoms with Crippen LogP contribution < -0.4 is 0 Å². The summed E-state index contributed by atoms with van der Waals surface area (Å²) in [5, 5.41) is 8.52. The number of carbonyl (C=O) groups is 1. The van der Waals surface area contributed by atoms with Crippen molar-refractivity contribution in [1.82, 2.24) is 0 Å². The molecule has 21 heavy (non-hydrogen) atoms. The number of carboxylic acids is 1. The zero-order valence-electron chi connectivity index (χ0n) is 13.9. The Morgan fingerprint density at radius 1 is 0.762 bits per heavy atom. The van der Waals surface area contributed by atoms with Gasteiger partial charge in [-0.1, -0.05) is 76.2 Å². The minimum atomic E-state index is -0.666. The van der Waals surface area contributed by atoms with E-state index in [2.05, 4.69) is 31.2 Å². The molecule has 0 rings (SSSR count). The molecule has 0 aromatic carbocycles. The molecule has 0 fully saturated rings. The van der Waals surface area contributed by atoms with Crippen molar-refractivity contribution in [3.8, 4) is 0 Å². The van der Waals surface area contributed by atoms with Gasteiger partial charge in [0.25, 0.3) is 0 Å². The molecule has 1 N–H and O–H groups in total. The lowest BCUT2D eigenvalue weighted by Crippen LogP contribution is -1.93. The molecule has 0 spiro atoms. The lowest BCUT2D eigenvalue weighted by Gasteiger charge is -1.99. The van der Waals surface area contributed by atoms with Crippen LogP contribution in [0.5, 0.6) is 0 Å². The van der Waals surface area contributed by atoms with Gasteiger partial charge in [0.15, 0.2) is 0 Å². The molecule has 0 aromatic rings. The smallest absolute Gasteiger partial charge is 0.303 e. The first kappa shape index (κ1) is 19.9. The van der Waals surface area contributed by atoms with Crippen molar-refractivity contribution < 1.29 is 9.90 Å². The third kappa shape index (κ3) is 18.9. The maximum absolute atomic E-state index is 10.3. The number of carboxylic acid groups (broad SMARTS) is 1. The van der Waals surface area contributed by atoms with Gasteiger partial charge in [0.2, 0.25) is 0 Å². The fourth-order valence-corrected chi connectivity index (χ4v) is 2.28. The van der Waals surface area contributed by atoms with Crippen LogP contribution >= 0.6 is 0 Å². The summed E-state index contributed by atoms with van der Waals surface area (Å²) in [6.45, 7) is 2.24. The van der Waals surface area contributed by atoms with E-state index < -0.39 is 5.97 Å². The standard InChI is InChI=1S/C19H34O2/c1-2-3-4-5-6-7-8-9-10-11-12-13-14-15-16-17-18-19(20)21/h6-9H,2-5,10-18H2,1H3,(H,20,21)/b7-6+,9-8+. The van der Waals surface area contributed by atoms with Gasteiger partial charge in [0, 0.05) is 6.42 Å². The van der Waals surface area contributed by atoms with E-state index >= 15 is 0 Å². The van der Waals surface area contributed by atoms with E-state index in [9.17, 15) is 4.79 Å². The minimum Gasteiger partial charge on any atom is -0.481 e. The van der Waals surface area contributed by atoms with Gasteiger partial charge >= 0.3 is 5.97 Å². The van der Waals surface area contributed by atoms with Gasteiger partial charge in [-0.25, -0.2) is 0 Å². The number of allylic oxidation sites excluding steroid dienone is 4. The van der Waals surface area contributed by atoms with Gasteiger partial charge in [-0.3, -0.25) is 4.79 Å². The summed E-state index contributed by atoms with van der Waals surface area (Å²) < 4.78 is 0. The molecule has 0 aliphatic rings. The van der Waals surface area contributed by atoms with Gasteiger partial charge < -0.3 is 5.11 Å². The molecule has 2 heteroatoms. The van der Waals surface area contributed by atoms with Crippen molar-refractivity contribution >= 4 is 5.97 Å². The molecule has 0 aliphatic carbocycles. The van der Waals surface area contributed by atoms with Crippen LogP contribution in [0.4, 0.5) is 0 Å². The highest BCUT2D eigenvalue weighted by atomic mass is 16.4. The van der Waals surface area contributed by atoms with E-state index in [0.717, 1.165) is 12.8 Å². The molecule has 0 atom stereocenters. The molecule has 0 heterocycles.